The highest BCUT2D eigenvalue weighted by molar-refractivity contribution is 6.34. The summed E-state index contributed by atoms with van der Waals surface area (Å²) in [5.74, 6) is -0.665. The van der Waals surface area contributed by atoms with Gasteiger partial charge < -0.3 is 0 Å². The fraction of sp³-hybridized carbons (Fsp3) is 0.207. The van der Waals surface area contributed by atoms with E-state index in [4.69, 9.17) is 0 Å². The molecule has 0 saturated heterocycles. The number of carbonyl (C=O) groups excluding carboxylic acids is 2. The quantitative estimate of drug-likeness (QED) is 0.350. The van der Waals surface area contributed by atoms with E-state index in [2.05, 4.69) is 37.1 Å². The van der Waals surface area contributed by atoms with Crippen molar-refractivity contribution in [1.29, 1.82) is 0 Å². The largest absolute Gasteiger partial charge is 0.284 e. The number of hydrogen-bond acceptors (Lipinski definition) is 3. The lowest BCUT2D eigenvalue weighted by atomic mass is 9.98. The van der Waals surface area contributed by atoms with Gasteiger partial charge in [0.2, 0.25) is 0 Å². The van der Waals surface area contributed by atoms with Gasteiger partial charge in [0.15, 0.2) is 0 Å². The van der Waals surface area contributed by atoms with Crippen LogP contribution in [-0.2, 0) is 0 Å². The number of nitrogens with zero attached hydrogens (tertiary/aromatic N) is 3. The van der Waals surface area contributed by atoms with Crippen LogP contribution in [0.3, 0.4) is 0 Å². The predicted molar refractivity (Wildman–Crippen MR) is 135 cm³/mol. The summed E-state index contributed by atoms with van der Waals surface area (Å²) in [6.45, 7) is 11.9. The molecule has 0 bridgehead atoms. The molecule has 4 aromatic rings. The van der Waals surface area contributed by atoms with E-state index in [1.807, 2.05) is 57.2 Å². The molecule has 1 aliphatic heterocycles. The van der Waals surface area contributed by atoms with E-state index in [1.54, 1.807) is 11.6 Å². The van der Waals surface area contributed by atoms with Crippen LogP contribution in [0.5, 0.6) is 0 Å². The van der Waals surface area contributed by atoms with Crippen LogP contribution in [0.25, 0.3) is 16.8 Å². The maximum absolute atomic E-state index is 13.7. The van der Waals surface area contributed by atoms with Gasteiger partial charge in [-0.15, -0.1) is 0 Å². The van der Waals surface area contributed by atoms with Crippen LogP contribution in [0.1, 0.15) is 54.4 Å². The molecule has 0 N–H and O–H groups in total. The molecule has 0 atom stereocenters. The van der Waals surface area contributed by atoms with Crippen LogP contribution >= 0.6 is 0 Å². The minimum Gasteiger partial charge on any atom is -0.268 e. The molecule has 2 amide bonds. The Balaban J connectivity index is 1.60. The molecule has 0 saturated carbocycles. The number of anilines is 1. The fourth-order valence-electron chi connectivity index (χ4n) is 4.83. The average Bonchev–Trinajstić information content (AvgIpc) is 3.26. The Morgan fingerprint density at radius 2 is 1.32 bits per heavy atom. The van der Waals surface area contributed by atoms with E-state index in [-0.39, 0.29) is 11.8 Å². The second-order valence-electron chi connectivity index (χ2n) is 9.21. The third-order valence-electron chi connectivity index (χ3n) is 6.82. The third-order valence-corrected chi connectivity index (χ3v) is 6.82. The second-order valence-corrected chi connectivity index (χ2v) is 9.21. The van der Waals surface area contributed by atoms with Crippen molar-refractivity contribution < 1.29 is 9.59 Å². The van der Waals surface area contributed by atoms with Crippen molar-refractivity contribution in [2.45, 2.75) is 41.5 Å². The number of aryl methyl sites for hydroxylation is 6. The van der Waals surface area contributed by atoms with E-state index >= 15 is 0 Å². The lowest BCUT2D eigenvalue weighted by Crippen LogP contribution is -2.31. The minimum absolute atomic E-state index is 0.322. The van der Waals surface area contributed by atoms with Gasteiger partial charge >= 0.3 is 0 Å². The number of aromatic nitrogens is 2. The summed E-state index contributed by atoms with van der Waals surface area (Å²) >= 11 is 0. The van der Waals surface area contributed by atoms with Gasteiger partial charge in [-0.05, 0) is 98.7 Å². The molecule has 0 spiro atoms. The van der Waals surface area contributed by atoms with Crippen LogP contribution < -0.4 is 4.90 Å². The second kappa shape index (κ2) is 7.80. The van der Waals surface area contributed by atoms with Crippen molar-refractivity contribution >= 4 is 17.5 Å². The number of hydrogen-bond donors (Lipinski definition) is 0. The Hall–Kier alpha value is -3.99. The third kappa shape index (κ3) is 3.19. The molecule has 170 valence electrons. The van der Waals surface area contributed by atoms with Gasteiger partial charge in [-0.1, -0.05) is 36.4 Å². The standard InChI is InChI=1S/C29H27N3O2/c1-16-9-7-8-10-23(16)22-11-12-24(20(5)14-22)31-28(33)26-21(6)30-32(27(26)29(31)34)25-15-18(3)17(2)13-19(25)4/h7-15H,1-6H3. The molecule has 34 heavy (non-hydrogen) atoms. The van der Waals surface area contributed by atoms with Crippen molar-refractivity contribution in [2.75, 3.05) is 4.90 Å². The molecule has 1 aromatic heterocycles. The lowest BCUT2D eigenvalue weighted by molar-refractivity contribution is 0.0922. The SMILES string of the molecule is Cc1cc(C)c(-n2nc(C)c3c2C(=O)N(c2ccc(-c4ccccc4C)cc2C)C3=O)cc1C. The highest BCUT2D eigenvalue weighted by Crippen LogP contribution is 2.36. The minimum atomic E-state index is -0.343. The fourth-order valence-corrected chi connectivity index (χ4v) is 4.83. The van der Waals surface area contributed by atoms with Crippen LogP contribution in [0, 0.1) is 41.5 Å². The molecule has 0 fully saturated rings. The van der Waals surface area contributed by atoms with Crippen LogP contribution in [0.15, 0.2) is 54.6 Å². The first-order valence-corrected chi connectivity index (χ1v) is 11.4. The van der Waals surface area contributed by atoms with E-state index in [9.17, 15) is 9.59 Å². The van der Waals surface area contributed by atoms with Crippen molar-refractivity contribution in [3.63, 3.8) is 0 Å². The Morgan fingerprint density at radius 1 is 0.647 bits per heavy atom. The summed E-state index contributed by atoms with van der Waals surface area (Å²) in [5.41, 5.74) is 10.2. The van der Waals surface area contributed by atoms with Gasteiger partial charge in [0, 0.05) is 0 Å². The molecule has 5 rings (SSSR count). The molecule has 2 heterocycles. The predicted octanol–water partition coefficient (Wildman–Crippen LogP) is 6.19. The van der Waals surface area contributed by atoms with Crippen LogP contribution in [-0.4, -0.2) is 21.6 Å². The zero-order valence-corrected chi connectivity index (χ0v) is 20.4. The number of benzene rings is 3. The normalized spacial score (nSPS) is 13.1. The van der Waals surface area contributed by atoms with Gasteiger partial charge in [-0.25, -0.2) is 9.58 Å². The van der Waals surface area contributed by atoms with Gasteiger partial charge in [0.25, 0.3) is 11.8 Å². The van der Waals surface area contributed by atoms with E-state index in [1.165, 1.54) is 16.0 Å². The molecular weight excluding hydrogens is 422 g/mol. The van der Waals surface area contributed by atoms with Crippen LogP contribution in [0.4, 0.5) is 5.69 Å². The van der Waals surface area contributed by atoms with Crippen molar-refractivity contribution in [3.05, 3.63) is 99.4 Å². The maximum Gasteiger partial charge on any atom is 0.284 e. The molecular formula is C29H27N3O2. The number of rotatable bonds is 3. The van der Waals surface area contributed by atoms with E-state index < -0.39 is 0 Å². The molecule has 0 radical (unpaired) electrons. The highest BCUT2D eigenvalue weighted by atomic mass is 16.2. The summed E-state index contributed by atoms with van der Waals surface area (Å²) in [6, 6.07) is 18.2. The monoisotopic (exact) mass is 449 g/mol. The summed E-state index contributed by atoms with van der Waals surface area (Å²) in [4.78, 5) is 28.5. The van der Waals surface area contributed by atoms with Gasteiger partial charge in [0.05, 0.1) is 22.6 Å². The van der Waals surface area contributed by atoms with E-state index in [0.29, 0.717) is 22.6 Å². The molecule has 5 nitrogen and oxygen atoms in total. The summed E-state index contributed by atoms with van der Waals surface area (Å²) in [7, 11) is 0. The van der Waals surface area contributed by atoms with Crippen molar-refractivity contribution in [3.8, 4) is 16.8 Å². The number of fused-ring (bicyclic) bond motifs is 1. The lowest BCUT2D eigenvalue weighted by Gasteiger charge is -2.19. The first kappa shape index (κ1) is 21.8. The maximum atomic E-state index is 13.7. The zero-order chi connectivity index (χ0) is 24.3. The highest BCUT2D eigenvalue weighted by Gasteiger charge is 2.43. The Bertz CT molecular complexity index is 1510. The first-order valence-electron chi connectivity index (χ1n) is 11.4. The molecule has 1 aliphatic rings. The number of carbonyl (C=O) groups is 2. The summed E-state index contributed by atoms with van der Waals surface area (Å²) in [6.07, 6.45) is 0. The van der Waals surface area contributed by atoms with Gasteiger partial charge in [-0.2, -0.15) is 5.10 Å². The van der Waals surface area contributed by atoms with Crippen molar-refractivity contribution in [2.24, 2.45) is 0 Å². The number of amides is 2. The molecule has 0 unspecified atom stereocenters. The Kier molecular flexibility index (Phi) is 5.01. The van der Waals surface area contributed by atoms with Gasteiger partial charge in [0.1, 0.15) is 5.69 Å². The zero-order valence-electron chi connectivity index (χ0n) is 20.4. The average molecular weight is 450 g/mol. The summed E-state index contributed by atoms with van der Waals surface area (Å²) in [5, 5.41) is 4.60. The van der Waals surface area contributed by atoms with E-state index in [0.717, 1.165) is 33.5 Å². The van der Waals surface area contributed by atoms with Crippen molar-refractivity contribution in [1.82, 2.24) is 9.78 Å². The van der Waals surface area contributed by atoms with Gasteiger partial charge in [-0.3, -0.25) is 9.59 Å². The number of imide groups is 1. The Morgan fingerprint density at radius 3 is 2.03 bits per heavy atom. The first-order chi connectivity index (χ1) is 16.2. The summed E-state index contributed by atoms with van der Waals surface area (Å²) < 4.78 is 1.64. The smallest absolute Gasteiger partial charge is 0.268 e. The topological polar surface area (TPSA) is 55.2 Å². The molecule has 3 aromatic carbocycles. The molecule has 5 heteroatoms. The Labute approximate surface area is 199 Å². The van der Waals surface area contributed by atoms with Crippen LogP contribution in [0.2, 0.25) is 0 Å². The molecule has 0 aliphatic carbocycles.